The largest absolute Gasteiger partial charge is 0.324 e. The second-order valence-electron chi connectivity index (χ2n) is 4.87. The van der Waals surface area contributed by atoms with Crippen LogP contribution in [0, 0.1) is 0 Å². The molecule has 0 radical (unpaired) electrons. The number of hydrogen-bond donors (Lipinski definition) is 1. The van der Waals surface area contributed by atoms with Gasteiger partial charge in [-0.25, -0.2) is 8.42 Å². The highest BCUT2D eigenvalue weighted by Gasteiger charge is 2.09. The van der Waals surface area contributed by atoms with Gasteiger partial charge in [-0.2, -0.15) is 0 Å². The highest BCUT2D eigenvalue weighted by atomic mass is 32.2. The van der Waals surface area contributed by atoms with Gasteiger partial charge in [0, 0.05) is 12.3 Å². The number of allylic oxidation sites excluding steroid dienone is 1. The van der Waals surface area contributed by atoms with Gasteiger partial charge >= 0.3 is 0 Å². The summed E-state index contributed by atoms with van der Waals surface area (Å²) < 4.78 is 22.7. The van der Waals surface area contributed by atoms with Gasteiger partial charge in [-0.1, -0.05) is 31.1 Å². The predicted octanol–water partition coefficient (Wildman–Crippen LogP) is 3.23. The Labute approximate surface area is 116 Å². The Balaban J connectivity index is 2.49. The van der Waals surface area contributed by atoms with Crippen molar-refractivity contribution in [3.63, 3.8) is 0 Å². The minimum absolute atomic E-state index is 0.0164. The van der Waals surface area contributed by atoms with Crippen LogP contribution in [0.4, 0.5) is 0 Å². The monoisotopic (exact) mass is 281 g/mol. The molecule has 0 aromatic heterocycles. The zero-order valence-electron chi connectivity index (χ0n) is 11.5. The van der Waals surface area contributed by atoms with Crippen LogP contribution in [0.15, 0.2) is 41.8 Å². The van der Waals surface area contributed by atoms with Crippen LogP contribution in [0.5, 0.6) is 0 Å². The fourth-order valence-electron chi connectivity index (χ4n) is 1.96. The molecule has 0 heterocycles. The summed E-state index contributed by atoms with van der Waals surface area (Å²) >= 11 is 0. The Morgan fingerprint density at radius 1 is 1.21 bits per heavy atom. The molecule has 0 aliphatic heterocycles. The normalized spacial score (nSPS) is 13.2. The maximum absolute atomic E-state index is 11.3. The predicted molar refractivity (Wildman–Crippen MR) is 79.8 cm³/mol. The summed E-state index contributed by atoms with van der Waals surface area (Å²) in [5.74, 6) is 0. The lowest BCUT2D eigenvalue weighted by Crippen LogP contribution is -2.10. The number of benzene rings is 1. The highest BCUT2D eigenvalue weighted by molar-refractivity contribution is 7.90. The number of unbranched alkanes of at least 4 members (excludes halogenated alkanes) is 3. The van der Waals surface area contributed by atoms with Crippen molar-refractivity contribution < 1.29 is 8.42 Å². The Hall–Kier alpha value is -1.13. The molecule has 0 aliphatic rings. The van der Waals surface area contributed by atoms with E-state index in [1.807, 2.05) is 18.2 Å². The maximum atomic E-state index is 11.3. The third-order valence-corrected chi connectivity index (χ3v) is 4.29. The third kappa shape index (κ3) is 5.57. The topological polar surface area (TPSA) is 60.2 Å². The lowest BCUT2D eigenvalue weighted by Gasteiger charge is -2.12. The molecule has 1 rings (SSSR count). The Morgan fingerprint density at radius 2 is 1.84 bits per heavy atom. The molecule has 0 spiro atoms. The Morgan fingerprint density at radius 3 is 2.37 bits per heavy atom. The van der Waals surface area contributed by atoms with E-state index in [9.17, 15) is 8.42 Å². The summed E-state index contributed by atoms with van der Waals surface area (Å²) in [5, 5.41) is 0. The molecule has 1 atom stereocenters. The fourth-order valence-corrected chi connectivity index (χ4v) is 2.59. The summed E-state index contributed by atoms with van der Waals surface area (Å²) in [6, 6.07) is 6.86. The average molecular weight is 281 g/mol. The van der Waals surface area contributed by atoms with Crippen molar-refractivity contribution in [3.05, 3.63) is 42.5 Å². The lowest BCUT2D eigenvalue weighted by atomic mass is 10.0. The summed E-state index contributed by atoms with van der Waals surface area (Å²) in [4.78, 5) is 0.342. The zero-order chi connectivity index (χ0) is 14.3. The summed E-state index contributed by atoms with van der Waals surface area (Å²) in [6.45, 7) is 3.70. The van der Waals surface area contributed by atoms with Crippen molar-refractivity contribution in [2.45, 2.75) is 43.0 Å². The van der Waals surface area contributed by atoms with Gasteiger partial charge < -0.3 is 5.73 Å². The van der Waals surface area contributed by atoms with Gasteiger partial charge in [0.2, 0.25) is 0 Å². The van der Waals surface area contributed by atoms with Gasteiger partial charge in [-0.15, -0.1) is 6.58 Å². The first-order valence-corrected chi connectivity index (χ1v) is 8.51. The van der Waals surface area contributed by atoms with Crippen LogP contribution in [0.3, 0.4) is 0 Å². The molecule has 1 aromatic rings. The summed E-state index contributed by atoms with van der Waals surface area (Å²) in [7, 11) is -3.12. The van der Waals surface area contributed by atoms with Gasteiger partial charge in [-0.3, -0.25) is 0 Å². The van der Waals surface area contributed by atoms with E-state index < -0.39 is 9.84 Å². The van der Waals surface area contributed by atoms with Gasteiger partial charge in [0.1, 0.15) is 0 Å². The van der Waals surface area contributed by atoms with Crippen molar-refractivity contribution in [3.8, 4) is 0 Å². The van der Waals surface area contributed by atoms with Crippen LogP contribution in [-0.2, 0) is 9.84 Å². The Kier molecular flexibility index (Phi) is 6.25. The van der Waals surface area contributed by atoms with Gasteiger partial charge in [-0.05, 0) is 37.0 Å². The molecule has 0 amide bonds. The van der Waals surface area contributed by atoms with E-state index in [4.69, 9.17) is 5.73 Å². The van der Waals surface area contributed by atoms with Crippen LogP contribution < -0.4 is 5.73 Å². The molecular weight excluding hydrogens is 258 g/mol. The number of nitrogens with two attached hydrogens (primary N) is 1. The van der Waals surface area contributed by atoms with Crippen molar-refractivity contribution in [2.24, 2.45) is 5.73 Å². The molecule has 0 saturated carbocycles. The molecule has 4 heteroatoms. The summed E-state index contributed by atoms with van der Waals surface area (Å²) in [5.41, 5.74) is 7.10. The molecule has 3 nitrogen and oxygen atoms in total. The molecule has 0 saturated heterocycles. The molecule has 1 aromatic carbocycles. The first kappa shape index (κ1) is 15.9. The SMILES string of the molecule is C=CCCCCCC(N)c1ccc(S(C)(=O)=O)cc1. The molecule has 106 valence electrons. The van der Waals surface area contributed by atoms with E-state index >= 15 is 0 Å². The molecule has 1 unspecified atom stereocenters. The molecule has 0 aliphatic carbocycles. The summed E-state index contributed by atoms with van der Waals surface area (Å²) in [6.07, 6.45) is 8.52. The van der Waals surface area contributed by atoms with Crippen molar-refractivity contribution in [2.75, 3.05) is 6.26 Å². The molecule has 19 heavy (non-hydrogen) atoms. The van der Waals surface area contributed by atoms with E-state index in [1.165, 1.54) is 6.26 Å². The molecule has 0 bridgehead atoms. The first-order chi connectivity index (χ1) is 8.95. The van der Waals surface area contributed by atoms with Crippen molar-refractivity contribution >= 4 is 9.84 Å². The van der Waals surface area contributed by atoms with Gasteiger partial charge in [0.05, 0.1) is 4.90 Å². The standard InChI is InChI=1S/C15H23NO2S/c1-3-4-5-6-7-8-15(16)13-9-11-14(12-10-13)19(2,17)18/h3,9-12,15H,1,4-8,16H2,2H3. The highest BCUT2D eigenvalue weighted by Crippen LogP contribution is 2.19. The van der Waals surface area contributed by atoms with Crippen LogP contribution in [0.25, 0.3) is 0 Å². The number of rotatable bonds is 8. The quantitative estimate of drug-likeness (QED) is 0.588. The zero-order valence-corrected chi connectivity index (χ0v) is 12.3. The lowest BCUT2D eigenvalue weighted by molar-refractivity contribution is 0.572. The van der Waals surface area contributed by atoms with E-state index in [1.54, 1.807) is 12.1 Å². The Bertz CT molecular complexity index is 491. The first-order valence-electron chi connectivity index (χ1n) is 6.61. The maximum Gasteiger partial charge on any atom is 0.175 e. The van der Waals surface area contributed by atoms with Gasteiger partial charge in [0.25, 0.3) is 0 Å². The van der Waals surface area contributed by atoms with E-state index in [0.29, 0.717) is 4.90 Å². The molecule has 2 N–H and O–H groups in total. The fraction of sp³-hybridized carbons (Fsp3) is 0.467. The van der Waals surface area contributed by atoms with E-state index in [0.717, 1.165) is 37.7 Å². The van der Waals surface area contributed by atoms with E-state index in [-0.39, 0.29) is 6.04 Å². The van der Waals surface area contributed by atoms with E-state index in [2.05, 4.69) is 6.58 Å². The van der Waals surface area contributed by atoms with Gasteiger partial charge in [0.15, 0.2) is 9.84 Å². The number of sulfone groups is 1. The van der Waals surface area contributed by atoms with Crippen LogP contribution in [0.2, 0.25) is 0 Å². The second kappa shape index (κ2) is 7.46. The minimum Gasteiger partial charge on any atom is -0.324 e. The minimum atomic E-state index is -3.12. The third-order valence-electron chi connectivity index (χ3n) is 3.16. The molecular formula is C15H23NO2S. The molecule has 0 fully saturated rings. The second-order valence-corrected chi connectivity index (χ2v) is 6.89. The number of hydrogen-bond acceptors (Lipinski definition) is 3. The smallest absolute Gasteiger partial charge is 0.175 e. The van der Waals surface area contributed by atoms with Crippen LogP contribution in [0.1, 0.15) is 43.7 Å². The van der Waals surface area contributed by atoms with Crippen LogP contribution in [-0.4, -0.2) is 14.7 Å². The van der Waals surface area contributed by atoms with Crippen molar-refractivity contribution in [1.29, 1.82) is 0 Å². The van der Waals surface area contributed by atoms with Crippen LogP contribution >= 0.6 is 0 Å². The average Bonchev–Trinajstić information content (AvgIpc) is 2.37. The van der Waals surface area contributed by atoms with Crippen molar-refractivity contribution in [1.82, 2.24) is 0 Å².